The van der Waals surface area contributed by atoms with Gasteiger partial charge in [-0.1, -0.05) is 11.6 Å². The van der Waals surface area contributed by atoms with Crippen molar-refractivity contribution in [3.8, 4) is 0 Å². The Labute approximate surface area is 127 Å². The number of hydrogen-bond acceptors (Lipinski definition) is 5. The van der Waals surface area contributed by atoms with Gasteiger partial charge < -0.3 is 10.4 Å². The number of aliphatic hydroxyl groups is 1. The van der Waals surface area contributed by atoms with Crippen LogP contribution in [0.3, 0.4) is 0 Å². The van der Waals surface area contributed by atoms with E-state index in [1.165, 1.54) is 18.2 Å². The Hall–Kier alpha value is -1.70. The van der Waals surface area contributed by atoms with Crippen LogP contribution in [0.5, 0.6) is 0 Å². The molecule has 0 spiro atoms. The van der Waals surface area contributed by atoms with Crippen LogP contribution in [0.2, 0.25) is 5.02 Å². The summed E-state index contributed by atoms with van der Waals surface area (Å²) in [5.74, 6) is -0.410. The summed E-state index contributed by atoms with van der Waals surface area (Å²) in [6, 6.07) is 4.02. The van der Waals surface area contributed by atoms with E-state index in [-0.39, 0.29) is 22.9 Å². The highest BCUT2D eigenvalue weighted by Gasteiger charge is 2.20. The number of carbonyl (C=O) groups excluding carboxylic acids is 1. The number of benzene rings is 1. The topological polar surface area (TPSA) is 95.7 Å². The van der Waals surface area contributed by atoms with Crippen LogP contribution in [0.1, 0.15) is 13.8 Å². The molecule has 0 aliphatic heterocycles. The first-order valence-electron chi connectivity index (χ1n) is 6.23. The summed E-state index contributed by atoms with van der Waals surface area (Å²) in [7, 11) is 1.67. The lowest BCUT2D eigenvalue weighted by Gasteiger charge is -2.24. The fraction of sp³-hybridized carbons (Fsp3) is 0.462. The van der Waals surface area contributed by atoms with Crippen molar-refractivity contribution in [1.82, 2.24) is 4.90 Å². The first-order valence-corrected chi connectivity index (χ1v) is 6.61. The van der Waals surface area contributed by atoms with Gasteiger partial charge in [-0.25, -0.2) is 0 Å². The van der Waals surface area contributed by atoms with Crippen molar-refractivity contribution in [1.29, 1.82) is 0 Å². The molecule has 0 bridgehead atoms. The third-order valence-corrected chi connectivity index (χ3v) is 2.74. The van der Waals surface area contributed by atoms with Crippen molar-refractivity contribution in [2.24, 2.45) is 0 Å². The predicted octanol–water partition coefficient (Wildman–Crippen LogP) is 1.89. The second-order valence-electron chi connectivity index (χ2n) is 5.45. The zero-order valence-electron chi connectivity index (χ0n) is 12.1. The summed E-state index contributed by atoms with van der Waals surface area (Å²) >= 11 is 5.70. The van der Waals surface area contributed by atoms with Crippen molar-refractivity contribution in [3.63, 3.8) is 0 Å². The monoisotopic (exact) mass is 315 g/mol. The van der Waals surface area contributed by atoms with Gasteiger partial charge in [-0.05, 0) is 33.0 Å². The molecule has 2 N–H and O–H groups in total. The molecule has 0 saturated carbocycles. The Morgan fingerprint density at radius 2 is 2.14 bits per heavy atom. The molecule has 8 heteroatoms. The van der Waals surface area contributed by atoms with Crippen molar-refractivity contribution >= 4 is 28.9 Å². The van der Waals surface area contributed by atoms with E-state index < -0.39 is 16.4 Å². The zero-order valence-corrected chi connectivity index (χ0v) is 12.8. The van der Waals surface area contributed by atoms with Crippen molar-refractivity contribution in [3.05, 3.63) is 33.3 Å². The molecule has 0 fully saturated rings. The van der Waals surface area contributed by atoms with Crippen LogP contribution in [-0.2, 0) is 4.79 Å². The molecule has 1 rings (SSSR count). The van der Waals surface area contributed by atoms with Crippen LogP contribution in [0.4, 0.5) is 11.4 Å². The first-order chi connectivity index (χ1) is 9.58. The molecular formula is C13H18ClN3O4. The van der Waals surface area contributed by atoms with E-state index in [2.05, 4.69) is 5.32 Å². The molecule has 21 heavy (non-hydrogen) atoms. The Morgan fingerprint density at radius 3 is 2.67 bits per heavy atom. The van der Waals surface area contributed by atoms with Gasteiger partial charge >= 0.3 is 0 Å². The van der Waals surface area contributed by atoms with Gasteiger partial charge in [0.2, 0.25) is 5.91 Å². The lowest BCUT2D eigenvalue weighted by molar-refractivity contribution is -0.383. The van der Waals surface area contributed by atoms with Crippen LogP contribution in [0.15, 0.2) is 18.2 Å². The maximum atomic E-state index is 11.9. The quantitative estimate of drug-likeness (QED) is 0.617. The minimum atomic E-state index is -0.929. The van der Waals surface area contributed by atoms with Gasteiger partial charge in [-0.15, -0.1) is 0 Å². The number of nitro benzene ring substituents is 1. The molecule has 0 atom stereocenters. The van der Waals surface area contributed by atoms with E-state index >= 15 is 0 Å². The number of nitrogens with zero attached hydrogens (tertiary/aromatic N) is 2. The molecule has 0 heterocycles. The van der Waals surface area contributed by atoms with Crippen LogP contribution >= 0.6 is 11.6 Å². The smallest absolute Gasteiger partial charge is 0.294 e. The average molecular weight is 316 g/mol. The van der Waals surface area contributed by atoms with Crippen molar-refractivity contribution < 1.29 is 14.8 Å². The van der Waals surface area contributed by atoms with Gasteiger partial charge in [0.15, 0.2) is 0 Å². The molecule has 0 radical (unpaired) electrons. The van der Waals surface area contributed by atoms with Gasteiger partial charge in [0.25, 0.3) is 5.69 Å². The summed E-state index contributed by atoms with van der Waals surface area (Å²) in [6.07, 6.45) is 0. The molecule has 0 unspecified atom stereocenters. The lowest BCUT2D eigenvalue weighted by atomic mass is 10.1. The normalized spacial score (nSPS) is 11.5. The highest BCUT2D eigenvalue weighted by Crippen LogP contribution is 2.27. The fourth-order valence-corrected chi connectivity index (χ4v) is 2.08. The Kier molecular flexibility index (Phi) is 5.65. The van der Waals surface area contributed by atoms with Crippen LogP contribution in [0.25, 0.3) is 0 Å². The largest absolute Gasteiger partial charge is 0.389 e. The second-order valence-corrected chi connectivity index (χ2v) is 5.89. The van der Waals surface area contributed by atoms with Crippen LogP contribution < -0.4 is 5.32 Å². The number of rotatable bonds is 6. The number of amides is 1. The minimum absolute atomic E-state index is 0.00374. The molecule has 1 aromatic carbocycles. The predicted molar refractivity (Wildman–Crippen MR) is 80.5 cm³/mol. The number of nitrogens with one attached hydrogen (secondary N) is 1. The Balaban J connectivity index is 2.73. The van der Waals surface area contributed by atoms with E-state index in [0.717, 1.165) is 0 Å². The molecule has 1 aromatic rings. The Bertz CT molecular complexity index is 543. The number of nitro groups is 1. The fourth-order valence-electron chi connectivity index (χ4n) is 1.91. The van der Waals surface area contributed by atoms with E-state index in [9.17, 15) is 20.0 Å². The molecular weight excluding hydrogens is 298 g/mol. The zero-order chi connectivity index (χ0) is 16.2. The van der Waals surface area contributed by atoms with E-state index in [1.54, 1.807) is 25.8 Å². The molecule has 0 aromatic heterocycles. The number of carbonyl (C=O) groups is 1. The van der Waals surface area contributed by atoms with Gasteiger partial charge in [0.05, 0.1) is 17.1 Å². The van der Waals surface area contributed by atoms with Crippen molar-refractivity contribution in [2.45, 2.75) is 19.4 Å². The molecule has 0 aliphatic carbocycles. The van der Waals surface area contributed by atoms with Gasteiger partial charge in [0.1, 0.15) is 5.69 Å². The third-order valence-electron chi connectivity index (χ3n) is 2.50. The van der Waals surface area contributed by atoms with Gasteiger partial charge in [-0.2, -0.15) is 0 Å². The number of likely N-dealkylation sites (N-methyl/N-ethyl adjacent to an activating group) is 1. The highest BCUT2D eigenvalue weighted by atomic mass is 35.5. The third kappa shape index (κ3) is 6.07. The SMILES string of the molecule is CN(CC(=O)Nc1ccc(Cl)cc1[N+](=O)[O-])CC(C)(C)O. The van der Waals surface area contributed by atoms with E-state index in [0.29, 0.717) is 6.54 Å². The first kappa shape index (κ1) is 17.4. The summed E-state index contributed by atoms with van der Waals surface area (Å²) in [4.78, 5) is 23.8. The number of hydrogen-bond donors (Lipinski definition) is 2. The Morgan fingerprint density at radius 1 is 1.52 bits per heavy atom. The van der Waals surface area contributed by atoms with E-state index in [4.69, 9.17) is 11.6 Å². The highest BCUT2D eigenvalue weighted by molar-refractivity contribution is 6.31. The van der Waals surface area contributed by atoms with Crippen molar-refractivity contribution in [2.75, 3.05) is 25.5 Å². The minimum Gasteiger partial charge on any atom is -0.389 e. The van der Waals surface area contributed by atoms with Crippen LogP contribution in [0, 0.1) is 10.1 Å². The molecule has 116 valence electrons. The molecule has 0 aliphatic rings. The summed E-state index contributed by atoms with van der Waals surface area (Å²) in [6.45, 7) is 3.56. The van der Waals surface area contributed by atoms with Gasteiger partial charge in [-0.3, -0.25) is 19.8 Å². The molecule has 0 saturated heterocycles. The standard InChI is InChI=1S/C13H18ClN3O4/c1-13(2,19)8-16(3)7-12(18)15-10-5-4-9(14)6-11(10)17(20)21/h4-6,19H,7-8H2,1-3H3,(H,15,18). The second kappa shape index (κ2) is 6.84. The summed E-state index contributed by atoms with van der Waals surface area (Å²) in [5.41, 5.74) is -1.10. The summed E-state index contributed by atoms with van der Waals surface area (Å²) < 4.78 is 0. The maximum Gasteiger partial charge on any atom is 0.294 e. The average Bonchev–Trinajstić information content (AvgIpc) is 2.28. The molecule has 1 amide bonds. The lowest BCUT2D eigenvalue weighted by Crippen LogP contribution is -2.40. The van der Waals surface area contributed by atoms with E-state index in [1.807, 2.05) is 0 Å². The van der Waals surface area contributed by atoms with Gasteiger partial charge in [0, 0.05) is 17.6 Å². The number of halogens is 1. The summed E-state index contributed by atoms with van der Waals surface area (Å²) in [5, 5.41) is 23.3. The van der Waals surface area contributed by atoms with Crippen LogP contribution in [-0.4, -0.2) is 46.6 Å². The number of anilines is 1. The molecule has 7 nitrogen and oxygen atoms in total. The maximum absolute atomic E-state index is 11.9.